The molecule has 5 nitrogen and oxygen atoms in total. The van der Waals surface area contributed by atoms with Crippen molar-refractivity contribution in [3.8, 4) is 23.8 Å². The molecule has 1 aromatic heterocycles. The topological polar surface area (TPSA) is 52.8 Å². The maximum absolute atomic E-state index is 12.4. The minimum atomic E-state index is -0.296. The van der Waals surface area contributed by atoms with E-state index in [4.69, 9.17) is 15.9 Å². The second-order valence-corrected chi connectivity index (χ2v) is 6.43. The lowest BCUT2D eigenvalue weighted by molar-refractivity contribution is 0.0998. The van der Waals surface area contributed by atoms with E-state index in [9.17, 15) is 4.79 Å². The number of aromatic nitrogens is 1. The number of carbonyl (C=O) groups is 1. The molecule has 0 fully saturated rings. The van der Waals surface area contributed by atoms with Crippen LogP contribution in [0.4, 0.5) is 0 Å². The van der Waals surface area contributed by atoms with Crippen LogP contribution in [-0.4, -0.2) is 23.7 Å². The zero-order chi connectivity index (χ0) is 17.2. The van der Waals surface area contributed by atoms with Gasteiger partial charge in [-0.25, -0.2) is 0 Å². The summed E-state index contributed by atoms with van der Waals surface area (Å²) < 4.78 is 14.1. The highest BCUT2D eigenvalue weighted by atomic mass is 32.1. The summed E-state index contributed by atoms with van der Waals surface area (Å²) in [5.74, 6) is 3.71. The lowest BCUT2D eigenvalue weighted by Crippen LogP contribution is -2.17. The molecular formula is C19H14N2O3S. The summed E-state index contributed by atoms with van der Waals surface area (Å²) in [7, 11) is 0. The van der Waals surface area contributed by atoms with Crippen LogP contribution < -0.4 is 14.3 Å². The van der Waals surface area contributed by atoms with Crippen LogP contribution in [0.5, 0.6) is 11.5 Å². The van der Waals surface area contributed by atoms with Crippen molar-refractivity contribution >= 4 is 27.5 Å². The van der Waals surface area contributed by atoms with Crippen LogP contribution in [-0.2, 0) is 6.54 Å². The maximum atomic E-state index is 12.4. The van der Waals surface area contributed by atoms with Crippen molar-refractivity contribution in [1.82, 2.24) is 4.57 Å². The standard InChI is InChI=1S/C19H14N2O3S/c1-2-8-21-14-11-15-16(24-10-9-23-15)12-17(14)25-19(21)20-18(22)13-6-4-3-5-7-13/h1,3-7,11-12H,8-10H2. The van der Waals surface area contributed by atoms with Gasteiger partial charge in [-0.1, -0.05) is 35.5 Å². The Kier molecular flexibility index (Phi) is 4.00. The molecule has 0 radical (unpaired) electrons. The molecule has 0 spiro atoms. The van der Waals surface area contributed by atoms with Crippen LogP contribution in [0.3, 0.4) is 0 Å². The van der Waals surface area contributed by atoms with E-state index in [1.807, 2.05) is 34.9 Å². The van der Waals surface area contributed by atoms with Crippen LogP contribution in [0.15, 0.2) is 47.5 Å². The predicted octanol–water partition coefficient (Wildman–Crippen LogP) is 2.85. The van der Waals surface area contributed by atoms with Crippen LogP contribution >= 0.6 is 11.3 Å². The highest BCUT2D eigenvalue weighted by Crippen LogP contribution is 2.35. The Hall–Kier alpha value is -3.04. The third-order valence-corrected chi connectivity index (χ3v) is 4.86. The van der Waals surface area contributed by atoms with Crippen molar-refractivity contribution in [3.63, 3.8) is 0 Å². The molecule has 0 atom stereocenters. The van der Waals surface area contributed by atoms with Crippen LogP contribution in [0.2, 0.25) is 0 Å². The molecule has 0 N–H and O–H groups in total. The first-order valence-corrected chi connectivity index (χ1v) is 8.58. The average Bonchev–Trinajstić information content (AvgIpc) is 2.97. The van der Waals surface area contributed by atoms with E-state index in [0.717, 1.165) is 10.2 Å². The Labute approximate surface area is 148 Å². The van der Waals surface area contributed by atoms with Crippen LogP contribution in [0.1, 0.15) is 10.4 Å². The fourth-order valence-electron chi connectivity index (χ4n) is 2.67. The number of hydrogen-bond acceptors (Lipinski definition) is 4. The van der Waals surface area contributed by atoms with E-state index in [1.165, 1.54) is 11.3 Å². The van der Waals surface area contributed by atoms with Crippen LogP contribution in [0.25, 0.3) is 10.2 Å². The van der Waals surface area contributed by atoms with E-state index in [2.05, 4.69) is 10.9 Å². The van der Waals surface area contributed by atoms with Crippen LogP contribution in [0, 0.1) is 12.3 Å². The Morgan fingerprint density at radius 2 is 1.92 bits per heavy atom. The van der Waals surface area contributed by atoms with Crippen molar-refractivity contribution in [3.05, 3.63) is 52.8 Å². The van der Waals surface area contributed by atoms with E-state index < -0.39 is 0 Å². The summed E-state index contributed by atoms with van der Waals surface area (Å²) in [5, 5.41) is 0. The zero-order valence-corrected chi connectivity index (χ0v) is 14.1. The van der Waals surface area contributed by atoms with Gasteiger partial charge in [0.25, 0.3) is 5.91 Å². The van der Waals surface area contributed by atoms with Gasteiger partial charge in [-0.2, -0.15) is 4.99 Å². The lowest BCUT2D eigenvalue weighted by atomic mass is 10.2. The molecule has 2 aromatic carbocycles. The second kappa shape index (κ2) is 6.46. The van der Waals surface area contributed by atoms with Gasteiger partial charge < -0.3 is 14.0 Å². The summed E-state index contributed by atoms with van der Waals surface area (Å²) in [6.07, 6.45) is 5.51. The highest BCUT2D eigenvalue weighted by Gasteiger charge is 2.16. The smallest absolute Gasteiger partial charge is 0.279 e. The first-order valence-electron chi connectivity index (χ1n) is 7.77. The number of fused-ring (bicyclic) bond motifs is 2. The minimum Gasteiger partial charge on any atom is -0.486 e. The number of nitrogens with zero attached hydrogens (tertiary/aromatic N) is 2. The van der Waals surface area contributed by atoms with E-state index in [1.54, 1.807) is 12.1 Å². The summed E-state index contributed by atoms with van der Waals surface area (Å²) in [5.41, 5.74) is 1.42. The number of terminal acetylenes is 1. The van der Waals surface area contributed by atoms with Gasteiger partial charge in [-0.3, -0.25) is 4.79 Å². The van der Waals surface area contributed by atoms with E-state index in [0.29, 0.717) is 41.6 Å². The number of amides is 1. The van der Waals surface area contributed by atoms with E-state index in [-0.39, 0.29) is 5.91 Å². The third-order valence-electron chi connectivity index (χ3n) is 3.81. The zero-order valence-electron chi connectivity index (χ0n) is 13.3. The number of rotatable bonds is 2. The molecule has 0 unspecified atom stereocenters. The fraction of sp³-hybridized carbons (Fsp3) is 0.158. The van der Waals surface area contributed by atoms with Gasteiger partial charge in [0.1, 0.15) is 13.2 Å². The van der Waals surface area contributed by atoms with Crippen molar-refractivity contribution in [2.75, 3.05) is 13.2 Å². The van der Waals surface area contributed by atoms with Gasteiger partial charge >= 0.3 is 0 Å². The Morgan fingerprint density at radius 3 is 2.64 bits per heavy atom. The summed E-state index contributed by atoms with van der Waals surface area (Å²) in [6.45, 7) is 1.36. The van der Waals surface area contributed by atoms with E-state index >= 15 is 0 Å². The Bertz CT molecular complexity index is 1060. The molecule has 6 heteroatoms. The monoisotopic (exact) mass is 350 g/mol. The van der Waals surface area contributed by atoms with Crippen molar-refractivity contribution in [2.24, 2.45) is 4.99 Å². The molecule has 1 aliphatic heterocycles. The largest absolute Gasteiger partial charge is 0.486 e. The average molecular weight is 350 g/mol. The molecule has 2 heterocycles. The molecule has 3 aromatic rings. The highest BCUT2D eigenvalue weighted by molar-refractivity contribution is 7.16. The molecule has 1 aliphatic rings. The lowest BCUT2D eigenvalue weighted by Gasteiger charge is -2.18. The van der Waals surface area contributed by atoms with Crippen molar-refractivity contribution < 1.29 is 14.3 Å². The quantitative estimate of drug-likeness (QED) is 0.668. The molecular weight excluding hydrogens is 336 g/mol. The van der Waals surface area contributed by atoms with Crippen molar-refractivity contribution in [2.45, 2.75) is 6.54 Å². The number of thiazole rings is 1. The third kappa shape index (κ3) is 2.90. The first-order chi connectivity index (χ1) is 12.3. The Morgan fingerprint density at radius 1 is 1.20 bits per heavy atom. The maximum Gasteiger partial charge on any atom is 0.279 e. The summed E-state index contributed by atoms with van der Waals surface area (Å²) >= 11 is 1.40. The Balaban J connectivity index is 1.88. The fourth-order valence-corrected chi connectivity index (χ4v) is 3.71. The SMILES string of the molecule is C#CCn1c(=NC(=O)c2ccccc2)sc2cc3c(cc21)OCCO3. The molecule has 0 bridgehead atoms. The van der Waals surface area contributed by atoms with Gasteiger partial charge in [-0.15, -0.1) is 6.42 Å². The van der Waals surface area contributed by atoms with Gasteiger partial charge in [0, 0.05) is 17.7 Å². The van der Waals surface area contributed by atoms with Gasteiger partial charge in [0.2, 0.25) is 0 Å². The summed E-state index contributed by atoms with van der Waals surface area (Å²) in [6, 6.07) is 12.8. The first kappa shape index (κ1) is 15.5. The van der Waals surface area contributed by atoms with Crippen molar-refractivity contribution in [1.29, 1.82) is 0 Å². The molecule has 25 heavy (non-hydrogen) atoms. The minimum absolute atomic E-state index is 0.296. The second-order valence-electron chi connectivity index (χ2n) is 5.42. The normalized spacial score (nSPS) is 13.6. The number of hydrogen-bond donors (Lipinski definition) is 0. The van der Waals surface area contributed by atoms with Gasteiger partial charge in [0.15, 0.2) is 16.3 Å². The summed E-state index contributed by atoms with van der Waals surface area (Å²) in [4.78, 5) is 17.3. The predicted molar refractivity (Wildman–Crippen MR) is 96.0 cm³/mol. The molecule has 0 saturated heterocycles. The molecule has 1 amide bonds. The van der Waals surface area contributed by atoms with Gasteiger partial charge in [-0.05, 0) is 12.1 Å². The number of carbonyl (C=O) groups excluding carboxylic acids is 1. The molecule has 0 aliphatic carbocycles. The molecule has 4 rings (SSSR count). The van der Waals surface area contributed by atoms with Gasteiger partial charge in [0.05, 0.1) is 16.8 Å². The molecule has 0 saturated carbocycles. The number of benzene rings is 2. The molecule has 124 valence electrons. The number of ether oxygens (including phenoxy) is 2.